The van der Waals surface area contributed by atoms with E-state index < -0.39 is 42.5 Å². The van der Waals surface area contributed by atoms with Gasteiger partial charge in [0.05, 0.1) is 11.0 Å². The lowest BCUT2D eigenvalue weighted by Gasteiger charge is -2.37. The highest BCUT2D eigenvalue weighted by Gasteiger charge is 2.48. The van der Waals surface area contributed by atoms with Gasteiger partial charge in [-0.1, -0.05) is 0 Å². The molecule has 2 heterocycles. The molecule has 3 rings (SSSR count). The highest BCUT2D eigenvalue weighted by atomic mass is 32.2. The number of benzene rings is 1. The van der Waals surface area contributed by atoms with Crippen molar-refractivity contribution in [2.24, 2.45) is 0 Å². The van der Waals surface area contributed by atoms with Crippen molar-refractivity contribution in [3.8, 4) is 0 Å². The van der Waals surface area contributed by atoms with Crippen LogP contribution in [0.2, 0.25) is 0 Å². The van der Waals surface area contributed by atoms with Gasteiger partial charge < -0.3 is 0 Å². The summed E-state index contributed by atoms with van der Waals surface area (Å²) in [7, 11) is -6.98. The van der Waals surface area contributed by atoms with Gasteiger partial charge in [-0.05, 0) is 43.4 Å². The van der Waals surface area contributed by atoms with E-state index in [4.69, 9.17) is 0 Å². The van der Waals surface area contributed by atoms with Gasteiger partial charge >= 0.3 is 0 Å². The summed E-state index contributed by atoms with van der Waals surface area (Å²) in [6, 6.07) is 1.99. The van der Waals surface area contributed by atoms with Crippen LogP contribution in [0.3, 0.4) is 0 Å². The lowest BCUT2D eigenvalue weighted by Crippen LogP contribution is -2.49. The van der Waals surface area contributed by atoms with Gasteiger partial charge in [-0.25, -0.2) is 25.6 Å². The fraction of sp³-hybridized carbons (Fsp3) is 0.600. The van der Waals surface area contributed by atoms with Crippen LogP contribution in [0.1, 0.15) is 31.2 Å². The first-order valence-electron chi connectivity index (χ1n) is 7.71. The average Bonchev–Trinajstić information content (AvgIpc) is 2.68. The zero-order valence-corrected chi connectivity index (χ0v) is 14.8. The largest absolute Gasteiger partial charge is 0.229 e. The van der Waals surface area contributed by atoms with Crippen LogP contribution in [0.25, 0.3) is 0 Å². The molecule has 1 aromatic rings. The predicted molar refractivity (Wildman–Crippen MR) is 85.5 cm³/mol. The minimum Gasteiger partial charge on any atom is -0.229 e. The fourth-order valence-corrected chi connectivity index (χ4v) is 7.04. The van der Waals surface area contributed by atoms with Crippen LogP contribution in [-0.4, -0.2) is 44.7 Å². The smallest absolute Gasteiger partial charge is 0.218 e. The monoisotopic (exact) mass is 379 g/mol. The molecule has 0 aliphatic carbocycles. The second kappa shape index (κ2) is 6.03. The van der Waals surface area contributed by atoms with E-state index in [0.29, 0.717) is 18.9 Å². The average molecular weight is 379 g/mol. The van der Waals surface area contributed by atoms with E-state index in [-0.39, 0.29) is 30.5 Å². The van der Waals surface area contributed by atoms with Gasteiger partial charge in [0.2, 0.25) is 10.0 Å². The minimum absolute atomic E-state index is 0.0529. The summed E-state index contributed by atoms with van der Waals surface area (Å²) in [5, 5.41) is -0.520. The Hall–Kier alpha value is -1.06. The van der Waals surface area contributed by atoms with E-state index in [2.05, 4.69) is 0 Å². The molecule has 0 aromatic heterocycles. The van der Waals surface area contributed by atoms with E-state index in [1.54, 1.807) is 0 Å². The molecular weight excluding hydrogens is 360 g/mol. The quantitative estimate of drug-likeness (QED) is 0.800. The number of halogens is 2. The summed E-state index contributed by atoms with van der Waals surface area (Å²) in [5.41, 5.74) is 0.0529. The topological polar surface area (TPSA) is 71.5 Å². The van der Waals surface area contributed by atoms with Crippen molar-refractivity contribution < 1.29 is 25.6 Å². The molecule has 2 atom stereocenters. The summed E-state index contributed by atoms with van der Waals surface area (Å²) in [6.07, 6.45) is 2.98. The van der Waals surface area contributed by atoms with Crippen LogP contribution in [-0.2, 0) is 25.6 Å². The molecule has 2 aliphatic rings. The predicted octanol–water partition coefficient (Wildman–Crippen LogP) is 1.83. The molecule has 24 heavy (non-hydrogen) atoms. The molecular formula is C15H19F2NO4S2. The van der Waals surface area contributed by atoms with Crippen LogP contribution in [0, 0.1) is 11.6 Å². The van der Waals surface area contributed by atoms with Crippen LogP contribution in [0.15, 0.2) is 18.2 Å². The van der Waals surface area contributed by atoms with Crippen LogP contribution < -0.4 is 0 Å². The second-order valence-electron chi connectivity index (χ2n) is 6.67. The summed E-state index contributed by atoms with van der Waals surface area (Å²) < 4.78 is 76.9. The number of fused-ring (bicyclic) bond motifs is 2. The molecule has 5 nitrogen and oxygen atoms in total. The molecule has 0 spiro atoms. The number of sulfonamides is 1. The van der Waals surface area contributed by atoms with Gasteiger partial charge in [0.1, 0.15) is 21.5 Å². The number of hydrogen-bond donors (Lipinski definition) is 0. The first-order chi connectivity index (χ1) is 11.1. The Labute approximate surface area is 140 Å². The number of hydrogen-bond acceptors (Lipinski definition) is 4. The molecule has 2 unspecified atom stereocenters. The van der Waals surface area contributed by atoms with Gasteiger partial charge in [0, 0.05) is 24.4 Å². The van der Waals surface area contributed by atoms with Gasteiger partial charge in [0.25, 0.3) is 0 Å². The Morgan fingerprint density at radius 2 is 1.50 bits per heavy atom. The molecule has 0 saturated carbocycles. The maximum atomic E-state index is 13.3. The highest BCUT2D eigenvalue weighted by Crippen LogP contribution is 2.40. The zero-order chi connectivity index (χ0) is 17.7. The van der Waals surface area contributed by atoms with Crippen molar-refractivity contribution in [2.45, 2.75) is 48.8 Å². The van der Waals surface area contributed by atoms with E-state index in [1.807, 2.05) is 0 Å². The summed E-state index contributed by atoms with van der Waals surface area (Å²) in [5.74, 6) is -2.13. The third-order valence-corrected chi connectivity index (χ3v) is 8.35. The van der Waals surface area contributed by atoms with Crippen molar-refractivity contribution >= 4 is 19.9 Å². The first kappa shape index (κ1) is 17.8. The normalized spacial score (nSPS) is 28.2. The van der Waals surface area contributed by atoms with E-state index in [9.17, 15) is 25.6 Å². The van der Waals surface area contributed by atoms with Crippen molar-refractivity contribution in [1.29, 1.82) is 0 Å². The Balaban J connectivity index is 1.84. The van der Waals surface area contributed by atoms with Crippen molar-refractivity contribution in [2.75, 3.05) is 6.26 Å². The highest BCUT2D eigenvalue weighted by molar-refractivity contribution is 7.91. The maximum absolute atomic E-state index is 13.3. The zero-order valence-electron chi connectivity index (χ0n) is 13.2. The van der Waals surface area contributed by atoms with E-state index in [1.165, 1.54) is 10.6 Å². The minimum atomic E-state index is -3.77. The SMILES string of the molecule is CS(=O)(=O)C1CC2CCC(C1)N2S(=O)(=O)Cc1cc(F)cc(F)c1. The standard InChI is InChI=1S/C15H19F2NO4S2/c1-23(19,20)15-7-13-2-3-14(8-15)18(13)24(21,22)9-10-4-11(16)6-12(17)5-10/h4-6,13-15H,2-3,7-9H2,1H3. The van der Waals surface area contributed by atoms with Crippen molar-refractivity contribution in [3.05, 3.63) is 35.4 Å². The molecule has 9 heteroatoms. The molecule has 2 fully saturated rings. The maximum Gasteiger partial charge on any atom is 0.218 e. The van der Waals surface area contributed by atoms with Crippen LogP contribution in [0.5, 0.6) is 0 Å². The lowest BCUT2D eigenvalue weighted by atomic mass is 10.1. The molecule has 0 N–H and O–H groups in total. The number of sulfone groups is 1. The fourth-order valence-electron chi connectivity index (χ4n) is 3.87. The van der Waals surface area contributed by atoms with Gasteiger partial charge in [-0.3, -0.25) is 0 Å². The second-order valence-corrected chi connectivity index (χ2v) is 10.9. The molecule has 0 amide bonds. The van der Waals surface area contributed by atoms with Gasteiger partial charge in [-0.15, -0.1) is 0 Å². The van der Waals surface area contributed by atoms with E-state index >= 15 is 0 Å². The molecule has 2 aliphatic heterocycles. The molecule has 0 radical (unpaired) electrons. The van der Waals surface area contributed by atoms with Crippen molar-refractivity contribution in [3.63, 3.8) is 0 Å². The molecule has 2 bridgehead atoms. The van der Waals surface area contributed by atoms with E-state index in [0.717, 1.165) is 12.1 Å². The first-order valence-corrected chi connectivity index (χ1v) is 11.3. The van der Waals surface area contributed by atoms with Crippen LogP contribution in [0.4, 0.5) is 8.78 Å². The number of piperidine rings is 1. The molecule has 1 aromatic carbocycles. The Morgan fingerprint density at radius 3 is 1.96 bits per heavy atom. The van der Waals surface area contributed by atoms with Gasteiger partial charge in [0.15, 0.2) is 0 Å². The third-order valence-electron chi connectivity index (χ3n) is 4.82. The molecule has 2 saturated heterocycles. The number of nitrogens with zero attached hydrogens (tertiary/aromatic N) is 1. The number of rotatable bonds is 4. The third kappa shape index (κ3) is 3.48. The molecule has 134 valence electrons. The Bertz CT molecular complexity index is 820. The lowest BCUT2D eigenvalue weighted by molar-refractivity contribution is 0.249. The summed E-state index contributed by atoms with van der Waals surface area (Å²) in [6.45, 7) is 0. The van der Waals surface area contributed by atoms with Crippen LogP contribution >= 0.6 is 0 Å². The summed E-state index contributed by atoms with van der Waals surface area (Å²) in [4.78, 5) is 0. The van der Waals surface area contributed by atoms with Gasteiger partial charge in [-0.2, -0.15) is 4.31 Å². The Morgan fingerprint density at radius 1 is 1.00 bits per heavy atom. The van der Waals surface area contributed by atoms with Crippen molar-refractivity contribution in [1.82, 2.24) is 4.31 Å². The summed E-state index contributed by atoms with van der Waals surface area (Å²) >= 11 is 0. The Kier molecular flexibility index (Phi) is 4.46.